The Balaban J connectivity index is 2.33. The molecular weight excluding hydrogens is 276 g/mol. The summed E-state index contributed by atoms with van der Waals surface area (Å²) in [7, 11) is 1.26. The summed E-state index contributed by atoms with van der Waals surface area (Å²) in [5.41, 5.74) is 5.66. The minimum Gasteiger partial charge on any atom is -0.464 e. The summed E-state index contributed by atoms with van der Waals surface area (Å²) in [4.78, 5) is 21.5. The number of aromatic nitrogens is 2. The van der Waals surface area contributed by atoms with Crippen molar-refractivity contribution in [3.8, 4) is 0 Å². The molecule has 2 N–H and O–H groups in total. The Morgan fingerprint density at radius 1 is 1.44 bits per heavy atom. The second kappa shape index (κ2) is 5.62. The van der Waals surface area contributed by atoms with E-state index >= 15 is 0 Å². The number of esters is 1. The number of hydrogen-bond donors (Lipinski definition) is 1. The molecule has 1 fully saturated rings. The summed E-state index contributed by atoms with van der Waals surface area (Å²) in [6.07, 6.45) is 0. The first-order valence-corrected chi connectivity index (χ1v) is 6.90. The standard InChI is InChI=1S/C10H13ClN4O2S/c1-17-10(16)6-8(12)14-9(7(11)13-6)15-2-4-18-5-3-15/h2-5H2,1H3,(H2,12,14). The van der Waals surface area contributed by atoms with Crippen molar-refractivity contribution in [2.24, 2.45) is 0 Å². The molecule has 1 aromatic heterocycles. The van der Waals surface area contributed by atoms with Gasteiger partial charge in [0.05, 0.1) is 7.11 Å². The number of anilines is 2. The van der Waals surface area contributed by atoms with Gasteiger partial charge in [0, 0.05) is 24.6 Å². The van der Waals surface area contributed by atoms with Gasteiger partial charge in [0.25, 0.3) is 0 Å². The van der Waals surface area contributed by atoms with Gasteiger partial charge in [-0.15, -0.1) is 0 Å². The third-order valence-corrected chi connectivity index (χ3v) is 3.75. The monoisotopic (exact) mass is 288 g/mol. The number of halogens is 1. The molecule has 0 aromatic carbocycles. The Bertz CT molecular complexity index is 465. The third kappa shape index (κ3) is 2.62. The fourth-order valence-corrected chi connectivity index (χ4v) is 2.79. The summed E-state index contributed by atoms with van der Waals surface area (Å²) < 4.78 is 4.56. The van der Waals surface area contributed by atoms with Crippen molar-refractivity contribution in [2.45, 2.75) is 0 Å². The maximum atomic E-state index is 11.4. The summed E-state index contributed by atoms with van der Waals surface area (Å²) in [5.74, 6) is 1.96. The van der Waals surface area contributed by atoms with Crippen molar-refractivity contribution in [2.75, 3.05) is 42.3 Å². The van der Waals surface area contributed by atoms with E-state index in [1.54, 1.807) is 0 Å². The molecule has 18 heavy (non-hydrogen) atoms. The van der Waals surface area contributed by atoms with E-state index in [1.165, 1.54) is 7.11 Å². The minimum atomic E-state index is -0.636. The average molecular weight is 289 g/mol. The van der Waals surface area contributed by atoms with Crippen molar-refractivity contribution < 1.29 is 9.53 Å². The fraction of sp³-hybridized carbons (Fsp3) is 0.500. The fourth-order valence-electron chi connectivity index (χ4n) is 1.64. The Labute approximate surface area is 114 Å². The molecule has 0 saturated carbocycles. The zero-order valence-electron chi connectivity index (χ0n) is 9.85. The van der Waals surface area contributed by atoms with Gasteiger partial charge in [-0.3, -0.25) is 0 Å². The first-order chi connectivity index (χ1) is 8.63. The molecule has 6 nitrogen and oxygen atoms in total. The van der Waals surface area contributed by atoms with Gasteiger partial charge in [0.15, 0.2) is 22.5 Å². The van der Waals surface area contributed by atoms with Gasteiger partial charge in [-0.2, -0.15) is 11.8 Å². The molecule has 1 aromatic rings. The smallest absolute Gasteiger partial charge is 0.360 e. The molecule has 1 aliphatic rings. The minimum absolute atomic E-state index is 0.0412. The summed E-state index contributed by atoms with van der Waals surface area (Å²) >= 11 is 7.93. The van der Waals surface area contributed by atoms with E-state index in [1.807, 2.05) is 16.7 Å². The zero-order valence-corrected chi connectivity index (χ0v) is 11.4. The highest BCUT2D eigenvalue weighted by molar-refractivity contribution is 7.99. The van der Waals surface area contributed by atoms with Crippen LogP contribution >= 0.6 is 23.4 Å². The van der Waals surface area contributed by atoms with Crippen molar-refractivity contribution in [1.29, 1.82) is 0 Å². The highest BCUT2D eigenvalue weighted by Gasteiger charge is 2.21. The van der Waals surface area contributed by atoms with Crippen LogP contribution in [0.25, 0.3) is 0 Å². The van der Waals surface area contributed by atoms with Crippen LogP contribution in [0, 0.1) is 0 Å². The summed E-state index contributed by atoms with van der Waals surface area (Å²) in [6.45, 7) is 1.69. The van der Waals surface area contributed by atoms with E-state index in [-0.39, 0.29) is 16.7 Å². The molecule has 1 saturated heterocycles. The molecule has 8 heteroatoms. The predicted octanol–water partition coefficient (Wildman–Crippen LogP) is 1.05. The van der Waals surface area contributed by atoms with Crippen LogP contribution < -0.4 is 10.6 Å². The van der Waals surface area contributed by atoms with Gasteiger partial charge in [0.1, 0.15) is 0 Å². The number of thioether (sulfide) groups is 1. The van der Waals surface area contributed by atoms with Crippen molar-refractivity contribution in [1.82, 2.24) is 9.97 Å². The van der Waals surface area contributed by atoms with E-state index in [0.29, 0.717) is 5.82 Å². The van der Waals surface area contributed by atoms with Crippen molar-refractivity contribution in [3.63, 3.8) is 0 Å². The van der Waals surface area contributed by atoms with Crippen LogP contribution in [0.2, 0.25) is 5.15 Å². The number of nitrogen functional groups attached to an aromatic ring is 1. The average Bonchev–Trinajstić information content (AvgIpc) is 2.41. The van der Waals surface area contributed by atoms with E-state index in [4.69, 9.17) is 17.3 Å². The Morgan fingerprint density at radius 2 is 2.11 bits per heavy atom. The van der Waals surface area contributed by atoms with Crippen LogP contribution in [0.3, 0.4) is 0 Å². The molecule has 0 amide bonds. The lowest BCUT2D eigenvalue weighted by molar-refractivity contribution is 0.0595. The highest BCUT2D eigenvalue weighted by atomic mass is 35.5. The maximum absolute atomic E-state index is 11.4. The first-order valence-electron chi connectivity index (χ1n) is 5.37. The summed E-state index contributed by atoms with van der Waals surface area (Å²) in [6, 6.07) is 0. The van der Waals surface area contributed by atoms with Crippen LogP contribution in [0.4, 0.5) is 11.6 Å². The van der Waals surface area contributed by atoms with Crippen molar-refractivity contribution >= 4 is 41.0 Å². The second-order valence-corrected chi connectivity index (χ2v) is 5.25. The molecule has 98 valence electrons. The molecular formula is C10H13ClN4O2S. The Kier molecular flexibility index (Phi) is 4.13. The van der Waals surface area contributed by atoms with E-state index < -0.39 is 5.97 Å². The molecule has 0 radical (unpaired) electrons. The lowest BCUT2D eigenvalue weighted by Crippen LogP contribution is -2.34. The van der Waals surface area contributed by atoms with Crippen LogP contribution in [0.5, 0.6) is 0 Å². The Hall–Kier alpha value is -1.21. The van der Waals surface area contributed by atoms with Gasteiger partial charge in [-0.25, -0.2) is 14.8 Å². The lowest BCUT2D eigenvalue weighted by Gasteiger charge is -2.27. The third-order valence-electron chi connectivity index (χ3n) is 2.55. The predicted molar refractivity (Wildman–Crippen MR) is 72.3 cm³/mol. The SMILES string of the molecule is COC(=O)c1nc(Cl)c(N2CCSCC2)nc1N. The van der Waals surface area contributed by atoms with E-state index in [0.717, 1.165) is 24.6 Å². The number of methoxy groups -OCH3 is 1. The molecule has 0 atom stereocenters. The van der Waals surface area contributed by atoms with Gasteiger partial charge in [0.2, 0.25) is 0 Å². The molecule has 0 spiro atoms. The van der Waals surface area contributed by atoms with Gasteiger partial charge < -0.3 is 15.4 Å². The second-order valence-electron chi connectivity index (χ2n) is 3.66. The van der Waals surface area contributed by atoms with Crippen LogP contribution in [-0.2, 0) is 4.74 Å². The topological polar surface area (TPSA) is 81.3 Å². The zero-order chi connectivity index (χ0) is 13.1. The number of rotatable bonds is 2. The van der Waals surface area contributed by atoms with E-state index in [9.17, 15) is 4.79 Å². The molecule has 2 rings (SSSR count). The molecule has 1 aliphatic heterocycles. The number of nitrogens with two attached hydrogens (primary N) is 1. The molecule has 0 bridgehead atoms. The normalized spacial score (nSPS) is 15.6. The largest absolute Gasteiger partial charge is 0.464 e. The van der Waals surface area contributed by atoms with Crippen molar-refractivity contribution in [3.05, 3.63) is 10.8 Å². The van der Waals surface area contributed by atoms with Gasteiger partial charge in [-0.1, -0.05) is 11.6 Å². The summed E-state index contributed by atoms with van der Waals surface area (Å²) in [5, 5.41) is 0.177. The quantitative estimate of drug-likeness (QED) is 0.815. The number of ether oxygens (including phenoxy) is 1. The van der Waals surface area contributed by atoms with Gasteiger partial charge in [-0.05, 0) is 0 Å². The van der Waals surface area contributed by atoms with Crippen LogP contribution in [0.1, 0.15) is 10.5 Å². The first kappa shape index (κ1) is 13.2. The van der Waals surface area contributed by atoms with Crippen LogP contribution in [0.15, 0.2) is 0 Å². The highest BCUT2D eigenvalue weighted by Crippen LogP contribution is 2.26. The molecule has 0 unspecified atom stereocenters. The molecule has 2 heterocycles. The lowest BCUT2D eigenvalue weighted by atomic mass is 10.4. The van der Waals surface area contributed by atoms with Crippen LogP contribution in [-0.4, -0.2) is 47.6 Å². The number of carbonyl (C=O) groups excluding carboxylic acids is 1. The number of nitrogens with zero attached hydrogens (tertiary/aromatic N) is 3. The van der Waals surface area contributed by atoms with E-state index in [2.05, 4.69) is 14.7 Å². The Morgan fingerprint density at radius 3 is 2.72 bits per heavy atom. The number of hydrogen-bond acceptors (Lipinski definition) is 7. The van der Waals surface area contributed by atoms with Gasteiger partial charge >= 0.3 is 5.97 Å². The molecule has 0 aliphatic carbocycles. The maximum Gasteiger partial charge on any atom is 0.360 e. The number of carbonyl (C=O) groups is 1.